The molecular weight excluding hydrogens is 284 g/mol. The number of amides is 1. The number of hydrogen-bond donors (Lipinski definition) is 1. The second kappa shape index (κ2) is 5.82. The molecule has 0 unspecified atom stereocenters. The molecule has 0 aliphatic carbocycles. The molecule has 0 aromatic carbocycles. The van der Waals surface area contributed by atoms with Gasteiger partial charge in [0.25, 0.3) is 5.91 Å². The molecule has 0 spiro atoms. The van der Waals surface area contributed by atoms with Crippen LogP contribution in [0.2, 0.25) is 0 Å². The van der Waals surface area contributed by atoms with Gasteiger partial charge in [-0.3, -0.25) is 14.9 Å². The second-order valence-corrected chi connectivity index (χ2v) is 4.55. The standard InChI is InChI=1S/C8H9BrN2O3S/c9-4-1-5-10-8(12)6-2-3-7(15-6)11(13)14/h2-3H,1,4-5H2,(H,10,12). The van der Waals surface area contributed by atoms with Crippen molar-refractivity contribution in [2.24, 2.45) is 0 Å². The first-order chi connectivity index (χ1) is 7.15. The van der Waals surface area contributed by atoms with E-state index in [0.717, 1.165) is 23.1 Å². The van der Waals surface area contributed by atoms with Crippen LogP contribution in [-0.2, 0) is 0 Å². The average molecular weight is 293 g/mol. The molecule has 7 heteroatoms. The molecule has 1 rings (SSSR count). The zero-order valence-corrected chi connectivity index (χ0v) is 10.1. The molecule has 0 fully saturated rings. The monoisotopic (exact) mass is 292 g/mol. The van der Waals surface area contributed by atoms with Gasteiger partial charge in [-0.2, -0.15) is 0 Å². The molecule has 15 heavy (non-hydrogen) atoms. The van der Waals surface area contributed by atoms with Crippen molar-refractivity contribution in [3.63, 3.8) is 0 Å². The Morgan fingerprint density at radius 1 is 1.60 bits per heavy atom. The number of carbonyl (C=O) groups excluding carboxylic acids is 1. The van der Waals surface area contributed by atoms with Crippen LogP contribution in [0.3, 0.4) is 0 Å². The Kier molecular flexibility index (Phi) is 4.70. The van der Waals surface area contributed by atoms with Crippen molar-refractivity contribution in [1.29, 1.82) is 0 Å². The van der Waals surface area contributed by atoms with Crippen molar-refractivity contribution in [2.75, 3.05) is 11.9 Å². The molecule has 1 aromatic rings. The highest BCUT2D eigenvalue weighted by atomic mass is 79.9. The Morgan fingerprint density at radius 3 is 2.87 bits per heavy atom. The molecular formula is C8H9BrN2O3S. The Balaban J connectivity index is 2.54. The molecule has 0 saturated carbocycles. The van der Waals surface area contributed by atoms with Crippen molar-refractivity contribution < 1.29 is 9.72 Å². The topological polar surface area (TPSA) is 72.2 Å². The number of nitro groups is 1. The van der Waals surface area contributed by atoms with Gasteiger partial charge in [0.05, 0.1) is 9.80 Å². The number of thiophene rings is 1. The molecule has 0 bridgehead atoms. The van der Waals surface area contributed by atoms with Crippen LogP contribution in [0.4, 0.5) is 5.00 Å². The van der Waals surface area contributed by atoms with Gasteiger partial charge in [-0.15, -0.1) is 0 Å². The summed E-state index contributed by atoms with van der Waals surface area (Å²) in [7, 11) is 0. The number of halogens is 1. The van der Waals surface area contributed by atoms with Crippen LogP contribution in [0, 0.1) is 10.1 Å². The van der Waals surface area contributed by atoms with Crippen LogP contribution in [0.1, 0.15) is 16.1 Å². The molecule has 0 saturated heterocycles. The van der Waals surface area contributed by atoms with Crippen LogP contribution < -0.4 is 5.32 Å². The van der Waals surface area contributed by atoms with Crippen molar-refractivity contribution >= 4 is 38.2 Å². The largest absolute Gasteiger partial charge is 0.351 e. The maximum atomic E-state index is 11.4. The van der Waals surface area contributed by atoms with Gasteiger partial charge in [-0.05, 0) is 12.5 Å². The quantitative estimate of drug-likeness (QED) is 0.391. The minimum Gasteiger partial charge on any atom is -0.351 e. The Morgan fingerprint density at radius 2 is 2.33 bits per heavy atom. The lowest BCUT2D eigenvalue weighted by Gasteiger charge is -1.99. The van der Waals surface area contributed by atoms with E-state index >= 15 is 0 Å². The van der Waals surface area contributed by atoms with Crippen LogP contribution in [0.25, 0.3) is 0 Å². The highest BCUT2D eigenvalue weighted by molar-refractivity contribution is 9.09. The van der Waals surface area contributed by atoms with Gasteiger partial charge < -0.3 is 5.32 Å². The molecule has 0 atom stereocenters. The molecule has 1 heterocycles. The van der Waals surface area contributed by atoms with Gasteiger partial charge in [-0.25, -0.2) is 0 Å². The van der Waals surface area contributed by atoms with E-state index in [4.69, 9.17) is 0 Å². The summed E-state index contributed by atoms with van der Waals surface area (Å²) in [5, 5.41) is 13.9. The zero-order chi connectivity index (χ0) is 11.3. The predicted molar refractivity (Wildman–Crippen MR) is 61.7 cm³/mol. The lowest BCUT2D eigenvalue weighted by atomic mass is 10.4. The molecule has 1 aromatic heterocycles. The summed E-state index contributed by atoms with van der Waals surface area (Å²) in [5.74, 6) is -0.256. The van der Waals surface area contributed by atoms with Crippen LogP contribution in [-0.4, -0.2) is 22.7 Å². The fourth-order valence-corrected chi connectivity index (χ4v) is 1.92. The van der Waals surface area contributed by atoms with Gasteiger partial charge in [0, 0.05) is 17.9 Å². The highest BCUT2D eigenvalue weighted by Gasteiger charge is 2.14. The van der Waals surface area contributed by atoms with Crippen LogP contribution in [0.5, 0.6) is 0 Å². The SMILES string of the molecule is O=C(NCCCBr)c1ccc([N+](=O)[O-])s1. The first kappa shape index (κ1) is 12.1. The average Bonchev–Trinajstić information content (AvgIpc) is 2.66. The van der Waals surface area contributed by atoms with Crippen molar-refractivity contribution in [3.8, 4) is 0 Å². The van der Waals surface area contributed by atoms with E-state index in [1.54, 1.807) is 0 Å². The first-order valence-corrected chi connectivity index (χ1v) is 6.17. The minimum absolute atomic E-state index is 0.0133. The van der Waals surface area contributed by atoms with E-state index in [1.165, 1.54) is 12.1 Å². The normalized spacial score (nSPS) is 9.93. The molecule has 1 amide bonds. The van der Waals surface area contributed by atoms with Gasteiger partial charge in [0.15, 0.2) is 0 Å². The Labute approximate surface area is 98.8 Å². The fraction of sp³-hybridized carbons (Fsp3) is 0.375. The van der Waals surface area contributed by atoms with E-state index in [-0.39, 0.29) is 10.9 Å². The summed E-state index contributed by atoms with van der Waals surface area (Å²) in [6.07, 6.45) is 0.833. The van der Waals surface area contributed by atoms with Crippen molar-refractivity contribution in [2.45, 2.75) is 6.42 Å². The van der Waals surface area contributed by atoms with E-state index in [1.807, 2.05) is 0 Å². The lowest BCUT2D eigenvalue weighted by molar-refractivity contribution is -0.380. The lowest BCUT2D eigenvalue weighted by Crippen LogP contribution is -2.23. The molecule has 1 N–H and O–H groups in total. The summed E-state index contributed by atoms with van der Waals surface area (Å²) in [4.78, 5) is 21.7. The van der Waals surface area contributed by atoms with E-state index in [9.17, 15) is 14.9 Å². The summed E-state index contributed by atoms with van der Waals surface area (Å²) in [5.41, 5.74) is 0. The smallest absolute Gasteiger partial charge is 0.324 e. The van der Waals surface area contributed by atoms with Gasteiger partial charge >= 0.3 is 5.00 Å². The fourth-order valence-electron chi connectivity index (χ4n) is 0.904. The van der Waals surface area contributed by atoms with Crippen molar-refractivity contribution in [1.82, 2.24) is 5.32 Å². The number of alkyl halides is 1. The van der Waals surface area contributed by atoms with Crippen molar-refractivity contribution in [3.05, 3.63) is 27.1 Å². The number of rotatable bonds is 5. The van der Waals surface area contributed by atoms with E-state index < -0.39 is 4.92 Å². The maximum absolute atomic E-state index is 11.4. The second-order valence-electron chi connectivity index (χ2n) is 2.69. The summed E-state index contributed by atoms with van der Waals surface area (Å²) < 4.78 is 0. The number of carbonyl (C=O) groups is 1. The van der Waals surface area contributed by atoms with E-state index in [2.05, 4.69) is 21.2 Å². The molecule has 0 aliphatic heterocycles. The first-order valence-electron chi connectivity index (χ1n) is 4.23. The van der Waals surface area contributed by atoms with E-state index in [0.29, 0.717) is 11.4 Å². The van der Waals surface area contributed by atoms with Crippen LogP contribution in [0.15, 0.2) is 12.1 Å². The van der Waals surface area contributed by atoms with Gasteiger partial charge in [-0.1, -0.05) is 27.3 Å². The number of nitrogens with one attached hydrogen (secondary N) is 1. The summed E-state index contributed by atoms with van der Waals surface area (Å²) in [6.45, 7) is 0.565. The van der Waals surface area contributed by atoms with Gasteiger partial charge in [0.2, 0.25) is 0 Å². The van der Waals surface area contributed by atoms with Crippen LogP contribution >= 0.6 is 27.3 Å². The summed E-state index contributed by atoms with van der Waals surface area (Å²) in [6, 6.07) is 2.80. The predicted octanol–water partition coefficient (Wildman–Crippen LogP) is 2.17. The number of nitrogens with zero attached hydrogens (tertiary/aromatic N) is 1. The highest BCUT2D eigenvalue weighted by Crippen LogP contribution is 2.23. The summed E-state index contributed by atoms with van der Waals surface area (Å²) >= 11 is 4.13. The molecule has 0 radical (unpaired) electrons. The maximum Gasteiger partial charge on any atom is 0.324 e. The third-order valence-corrected chi connectivity index (χ3v) is 3.19. The number of hydrogen-bond acceptors (Lipinski definition) is 4. The molecule has 82 valence electrons. The third kappa shape index (κ3) is 3.60. The van der Waals surface area contributed by atoms with Gasteiger partial charge in [0.1, 0.15) is 0 Å². The molecule has 0 aliphatic rings. The zero-order valence-electron chi connectivity index (χ0n) is 7.73. The molecule has 5 nitrogen and oxygen atoms in total. The third-order valence-electron chi connectivity index (χ3n) is 1.59. The Bertz CT molecular complexity index is 367. The Hall–Kier alpha value is -0.950. The minimum atomic E-state index is -0.500.